The number of imide groups is 2. The maximum Gasteiger partial charge on any atom is 0.262 e. The molecule has 6 rings (SSSR count). The van der Waals surface area contributed by atoms with E-state index >= 15 is 0 Å². The number of nitrogens with one attached hydrogen (secondary N) is 2. The quantitative estimate of drug-likeness (QED) is 0.340. The van der Waals surface area contributed by atoms with Gasteiger partial charge >= 0.3 is 0 Å². The van der Waals surface area contributed by atoms with Crippen molar-refractivity contribution in [1.82, 2.24) is 25.0 Å². The molecule has 1 atom stereocenters. The third kappa shape index (κ3) is 4.82. The molecule has 1 unspecified atom stereocenters. The normalized spacial score (nSPS) is 22.5. The van der Waals surface area contributed by atoms with Crippen molar-refractivity contribution in [3.63, 3.8) is 0 Å². The van der Waals surface area contributed by atoms with E-state index in [1.165, 1.54) is 5.56 Å². The third-order valence-electron chi connectivity index (χ3n) is 7.96. The predicted molar refractivity (Wildman–Crippen MR) is 143 cm³/mol. The standard InChI is InChI=1S/C29H30N6O4/c1-17-8-10-31-24(11-17)19-15-32-34(16-19)21-12-18(13-21)3-2-9-30-20-4-5-22-23(14-20)29(39)35(28(22)38)25-6-7-26(36)33-27(25)37/h4-5,8,10-11,14-16,18,21,25,30H,2-3,6-7,9,12-13H2,1H3,(H,33,36,37)/t18-,21-,25?. The number of aromatic nitrogens is 3. The van der Waals surface area contributed by atoms with Crippen LogP contribution < -0.4 is 10.6 Å². The van der Waals surface area contributed by atoms with Crippen LogP contribution in [0.1, 0.15) is 70.8 Å². The number of fused-ring (bicyclic) bond motifs is 1. The van der Waals surface area contributed by atoms with Crippen molar-refractivity contribution in [3.8, 4) is 11.3 Å². The zero-order valence-corrected chi connectivity index (χ0v) is 21.7. The average molecular weight is 527 g/mol. The van der Waals surface area contributed by atoms with Gasteiger partial charge in [0, 0.05) is 36.6 Å². The van der Waals surface area contributed by atoms with Gasteiger partial charge in [-0.05, 0) is 80.8 Å². The fraction of sp³-hybridized carbons (Fsp3) is 0.379. The summed E-state index contributed by atoms with van der Waals surface area (Å²) in [6.45, 7) is 2.81. The molecule has 2 aromatic heterocycles. The van der Waals surface area contributed by atoms with Gasteiger partial charge in [-0.1, -0.05) is 0 Å². The van der Waals surface area contributed by atoms with Crippen LogP contribution in [0.25, 0.3) is 11.3 Å². The second-order valence-electron chi connectivity index (χ2n) is 10.7. The zero-order valence-electron chi connectivity index (χ0n) is 21.7. The number of carbonyl (C=O) groups is 4. The number of aryl methyl sites for hydroxylation is 1. The molecular formula is C29H30N6O4. The zero-order chi connectivity index (χ0) is 27.1. The van der Waals surface area contributed by atoms with Gasteiger partial charge in [-0.3, -0.25) is 39.1 Å². The van der Waals surface area contributed by atoms with Crippen LogP contribution in [0.3, 0.4) is 0 Å². The summed E-state index contributed by atoms with van der Waals surface area (Å²) < 4.78 is 2.06. The summed E-state index contributed by atoms with van der Waals surface area (Å²) >= 11 is 0. The summed E-state index contributed by atoms with van der Waals surface area (Å²) in [5.74, 6) is -1.32. The lowest BCUT2D eigenvalue weighted by molar-refractivity contribution is -0.136. The van der Waals surface area contributed by atoms with Crippen LogP contribution in [-0.4, -0.2) is 55.9 Å². The smallest absolute Gasteiger partial charge is 0.262 e. The second-order valence-corrected chi connectivity index (χ2v) is 10.7. The minimum atomic E-state index is -0.953. The van der Waals surface area contributed by atoms with E-state index in [0.29, 0.717) is 12.0 Å². The van der Waals surface area contributed by atoms with Gasteiger partial charge in [0.15, 0.2) is 0 Å². The summed E-state index contributed by atoms with van der Waals surface area (Å²) in [4.78, 5) is 55.0. The first-order valence-electron chi connectivity index (χ1n) is 13.4. The monoisotopic (exact) mass is 526 g/mol. The Hall–Kier alpha value is -4.34. The van der Waals surface area contributed by atoms with E-state index < -0.39 is 23.8 Å². The van der Waals surface area contributed by atoms with Gasteiger partial charge in [-0.25, -0.2) is 0 Å². The van der Waals surface area contributed by atoms with Gasteiger partial charge in [0.2, 0.25) is 11.8 Å². The molecule has 10 heteroatoms. The summed E-state index contributed by atoms with van der Waals surface area (Å²) in [5, 5.41) is 10.1. The molecule has 10 nitrogen and oxygen atoms in total. The molecule has 200 valence electrons. The van der Waals surface area contributed by atoms with Crippen LogP contribution >= 0.6 is 0 Å². The fourth-order valence-electron chi connectivity index (χ4n) is 5.72. The van der Waals surface area contributed by atoms with Crippen molar-refractivity contribution in [1.29, 1.82) is 0 Å². The Morgan fingerprint density at radius 1 is 1.05 bits per heavy atom. The van der Waals surface area contributed by atoms with Gasteiger partial charge in [0.1, 0.15) is 6.04 Å². The summed E-state index contributed by atoms with van der Waals surface area (Å²) in [7, 11) is 0. The molecule has 4 amide bonds. The van der Waals surface area contributed by atoms with Crippen molar-refractivity contribution >= 4 is 29.3 Å². The Kier molecular flexibility index (Phi) is 6.46. The number of amides is 4. The lowest BCUT2D eigenvalue weighted by Gasteiger charge is -2.35. The Labute approximate surface area is 225 Å². The van der Waals surface area contributed by atoms with Gasteiger partial charge in [-0.2, -0.15) is 5.10 Å². The van der Waals surface area contributed by atoms with Crippen molar-refractivity contribution in [3.05, 3.63) is 65.6 Å². The average Bonchev–Trinajstić information content (AvgIpc) is 3.46. The molecular weight excluding hydrogens is 496 g/mol. The Morgan fingerprint density at radius 3 is 2.67 bits per heavy atom. The Balaban J connectivity index is 0.975. The van der Waals surface area contributed by atoms with Crippen LogP contribution in [-0.2, 0) is 9.59 Å². The number of pyridine rings is 1. The maximum atomic E-state index is 13.0. The molecule has 2 aliphatic heterocycles. The van der Waals surface area contributed by atoms with E-state index in [2.05, 4.69) is 44.6 Å². The van der Waals surface area contributed by atoms with Gasteiger partial charge in [0.05, 0.1) is 29.1 Å². The van der Waals surface area contributed by atoms with E-state index in [0.717, 1.165) is 54.1 Å². The van der Waals surface area contributed by atoms with Crippen LogP contribution in [0, 0.1) is 12.8 Å². The van der Waals surface area contributed by atoms with E-state index in [1.807, 2.05) is 18.5 Å². The maximum absolute atomic E-state index is 13.0. The van der Waals surface area contributed by atoms with E-state index in [1.54, 1.807) is 18.2 Å². The SMILES string of the molecule is Cc1ccnc(-c2cnn([C@H]3C[C@H](CCCNc4ccc5c(c4)C(=O)N(C4CCC(=O)NC4=O)C5=O)C3)c2)c1. The number of hydrogen-bond acceptors (Lipinski definition) is 7. The van der Waals surface area contributed by atoms with Crippen LogP contribution in [0.4, 0.5) is 5.69 Å². The first-order chi connectivity index (χ1) is 18.9. The van der Waals surface area contributed by atoms with Crippen molar-refractivity contribution < 1.29 is 19.2 Å². The number of anilines is 1. The molecule has 4 heterocycles. The largest absolute Gasteiger partial charge is 0.385 e. The second kappa shape index (κ2) is 10.1. The van der Waals surface area contributed by atoms with Crippen LogP contribution in [0.2, 0.25) is 0 Å². The Bertz CT molecular complexity index is 1470. The summed E-state index contributed by atoms with van der Waals surface area (Å²) in [5.41, 5.74) is 4.51. The molecule has 1 saturated heterocycles. The number of nitrogens with zero attached hydrogens (tertiary/aromatic N) is 4. The molecule has 3 aliphatic rings. The predicted octanol–water partition coefficient (Wildman–Crippen LogP) is 3.50. The van der Waals surface area contributed by atoms with Crippen molar-refractivity contribution in [2.75, 3.05) is 11.9 Å². The molecule has 0 spiro atoms. The lowest BCUT2D eigenvalue weighted by Crippen LogP contribution is -2.54. The minimum absolute atomic E-state index is 0.103. The molecule has 0 bridgehead atoms. The van der Waals surface area contributed by atoms with Gasteiger partial charge in [-0.15, -0.1) is 0 Å². The highest BCUT2D eigenvalue weighted by atomic mass is 16.2. The highest BCUT2D eigenvalue weighted by Crippen LogP contribution is 2.40. The number of rotatable bonds is 8. The van der Waals surface area contributed by atoms with E-state index in [4.69, 9.17) is 0 Å². The highest BCUT2D eigenvalue weighted by molar-refractivity contribution is 6.23. The fourth-order valence-corrected chi connectivity index (χ4v) is 5.72. The van der Waals surface area contributed by atoms with Crippen molar-refractivity contribution in [2.45, 2.75) is 57.5 Å². The summed E-state index contributed by atoms with van der Waals surface area (Å²) in [6.07, 6.45) is 10.3. The molecule has 39 heavy (non-hydrogen) atoms. The minimum Gasteiger partial charge on any atom is -0.385 e. The number of hydrogen-bond donors (Lipinski definition) is 2. The van der Waals surface area contributed by atoms with Crippen molar-refractivity contribution in [2.24, 2.45) is 5.92 Å². The van der Waals surface area contributed by atoms with E-state index in [9.17, 15) is 19.2 Å². The summed E-state index contributed by atoms with van der Waals surface area (Å²) in [6, 6.07) is 8.63. The van der Waals surface area contributed by atoms with E-state index in [-0.39, 0.29) is 29.9 Å². The Morgan fingerprint density at radius 2 is 1.87 bits per heavy atom. The lowest BCUT2D eigenvalue weighted by atomic mass is 9.77. The first-order valence-corrected chi connectivity index (χ1v) is 13.4. The molecule has 1 saturated carbocycles. The highest BCUT2D eigenvalue weighted by Gasteiger charge is 2.44. The van der Waals surface area contributed by atoms with Crippen LogP contribution in [0.15, 0.2) is 48.9 Å². The topological polar surface area (TPSA) is 126 Å². The third-order valence-corrected chi connectivity index (χ3v) is 7.96. The van der Waals surface area contributed by atoms with Gasteiger partial charge < -0.3 is 5.32 Å². The molecule has 0 radical (unpaired) electrons. The number of benzene rings is 1. The van der Waals surface area contributed by atoms with Gasteiger partial charge in [0.25, 0.3) is 11.8 Å². The van der Waals surface area contributed by atoms with Crippen LogP contribution in [0.5, 0.6) is 0 Å². The molecule has 2 N–H and O–H groups in total. The first kappa shape index (κ1) is 25.0. The molecule has 1 aromatic carbocycles. The number of carbonyl (C=O) groups excluding carboxylic acids is 4. The number of piperidine rings is 1. The molecule has 3 aromatic rings. The molecule has 2 fully saturated rings. The molecule has 1 aliphatic carbocycles.